The van der Waals surface area contributed by atoms with E-state index < -0.39 is 0 Å². The van der Waals surface area contributed by atoms with Crippen LogP contribution in [0.2, 0.25) is 0 Å². The van der Waals surface area contributed by atoms with Crippen LogP contribution in [0.25, 0.3) is 12.2 Å². The summed E-state index contributed by atoms with van der Waals surface area (Å²) in [6.07, 6.45) is 4.34. The summed E-state index contributed by atoms with van der Waals surface area (Å²) >= 11 is 1.72. The molecule has 0 aliphatic carbocycles. The van der Waals surface area contributed by atoms with Gasteiger partial charge in [-0.2, -0.15) is 11.3 Å². The summed E-state index contributed by atoms with van der Waals surface area (Å²) in [7, 11) is 0. The highest BCUT2D eigenvalue weighted by Crippen LogP contribution is 2.36. The van der Waals surface area contributed by atoms with Gasteiger partial charge in [-0.1, -0.05) is 60.7 Å². The van der Waals surface area contributed by atoms with Gasteiger partial charge in [0.05, 0.1) is 0 Å². The summed E-state index contributed by atoms with van der Waals surface area (Å²) in [6.45, 7) is 2.16. The van der Waals surface area contributed by atoms with E-state index in [1.165, 1.54) is 22.4 Å². The monoisotopic (exact) mass is 367 g/mol. The van der Waals surface area contributed by atoms with Crippen LogP contribution in [0.1, 0.15) is 16.7 Å². The van der Waals surface area contributed by atoms with E-state index in [2.05, 4.69) is 120 Å². The van der Waals surface area contributed by atoms with Gasteiger partial charge in [-0.05, 0) is 70.8 Å². The molecule has 0 saturated heterocycles. The quantitative estimate of drug-likeness (QED) is 0.349. The van der Waals surface area contributed by atoms with Gasteiger partial charge < -0.3 is 4.90 Å². The van der Waals surface area contributed by atoms with Crippen LogP contribution >= 0.6 is 11.3 Å². The Morgan fingerprint density at radius 2 is 1.44 bits per heavy atom. The van der Waals surface area contributed by atoms with Crippen molar-refractivity contribution >= 4 is 40.6 Å². The van der Waals surface area contributed by atoms with Crippen LogP contribution in [-0.2, 0) is 0 Å². The second-order valence-corrected chi connectivity index (χ2v) is 7.22. The number of para-hydroxylation sites is 2. The number of nitrogens with zero attached hydrogens (tertiary/aromatic N) is 1. The molecule has 0 aliphatic heterocycles. The molecule has 1 nitrogen and oxygen atoms in total. The van der Waals surface area contributed by atoms with Crippen LogP contribution in [0.4, 0.5) is 17.1 Å². The van der Waals surface area contributed by atoms with Gasteiger partial charge in [0.2, 0.25) is 0 Å². The minimum atomic E-state index is 1.16. The number of thiophene rings is 1. The van der Waals surface area contributed by atoms with Crippen LogP contribution in [0, 0.1) is 6.92 Å². The maximum absolute atomic E-state index is 2.32. The molecule has 0 saturated carbocycles. The molecule has 1 aromatic heterocycles. The summed E-state index contributed by atoms with van der Waals surface area (Å²) in [4.78, 5) is 2.32. The van der Waals surface area contributed by atoms with Gasteiger partial charge in [-0.3, -0.25) is 0 Å². The van der Waals surface area contributed by atoms with Gasteiger partial charge in [0.1, 0.15) is 0 Å². The van der Waals surface area contributed by atoms with E-state index in [1.807, 2.05) is 0 Å². The lowest BCUT2D eigenvalue weighted by Crippen LogP contribution is -2.11. The first kappa shape index (κ1) is 17.3. The number of anilines is 3. The standard InChI is InChI=1S/C25H21NS/c1-20-8-5-6-13-25(20)26(23-10-3-2-4-11-23)24-12-7-9-21(18-24)14-15-22-16-17-27-19-22/h2-19H,1H3. The first-order valence-electron chi connectivity index (χ1n) is 9.02. The Morgan fingerprint density at radius 1 is 0.704 bits per heavy atom. The average Bonchev–Trinajstić information content (AvgIpc) is 3.23. The van der Waals surface area contributed by atoms with Crippen LogP contribution in [0.5, 0.6) is 0 Å². The molecule has 0 bridgehead atoms. The molecule has 0 radical (unpaired) electrons. The molecule has 0 atom stereocenters. The smallest absolute Gasteiger partial charge is 0.0490 e. The van der Waals surface area contributed by atoms with Gasteiger partial charge in [-0.25, -0.2) is 0 Å². The Hall–Kier alpha value is -3.10. The molecule has 3 aromatic carbocycles. The first-order valence-corrected chi connectivity index (χ1v) is 9.97. The predicted octanol–water partition coefficient (Wildman–Crippen LogP) is 7.70. The Bertz CT molecular complexity index is 1030. The second kappa shape index (κ2) is 8.07. The van der Waals surface area contributed by atoms with Crippen molar-refractivity contribution in [3.63, 3.8) is 0 Å². The zero-order valence-corrected chi connectivity index (χ0v) is 16.1. The zero-order valence-electron chi connectivity index (χ0n) is 15.2. The van der Waals surface area contributed by atoms with Gasteiger partial charge in [-0.15, -0.1) is 0 Å². The van der Waals surface area contributed by atoms with E-state index in [4.69, 9.17) is 0 Å². The van der Waals surface area contributed by atoms with Crippen molar-refractivity contribution in [1.29, 1.82) is 0 Å². The third-order valence-electron chi connectivity index (χ3n) is 4.51. The Morgan fingerprint density at radius 3 is 2.22 bits per heavy atom. The van der Waals surface area contributed by atoms with E-state index in [0.717, 1.165) is 11.4 Å². The third-order valence-corrected chi connectivity index (χ3v) is 5.21. The molecule has 132 valence electrons. The molecule has 0 aliphatic rings. The molecule has 4 rings (SSSR count). The lowest BCUT2D eigenvalue weighted by Gasteiger charge is -2.27. The second-order valence-electron chi connectivity index (χ2n) is 6.44. The summed E-state index contributed by atoms with van der Waals surface area (Å²) in [6, 6.07) is 29.9. The van der Waals surface area contributed by atoms with E-state index in [9.17, 15) is 0 Å². The van der Waals surface area contributed by atoms with Crippen molar-refractivity contribution in [2.24, 2.45) is 0 Å². The van der Waals surface area contributed by atoms with Crippen molar-refractivity contribution in [3.05, 3.63) is 112 Å². The van der Waals surface area contributed by atoms with Crippen LogP contribution in [0.15, 0.2) is 95.7 Å². The summed E-state index contributed by atoms with van der Waals surface area (Å²) < 4.78 is 0. The van der Waals surface area contributed by atoms with Crippen molar-refractivity contribution in [2.45, 2.75) is 6.92 Å². The molecule has 2 heteroatoms. The van der Waals surface area contributed by atoms with Crippen LogP contribution in [0.3, 0.4) is 0 Å². The number of hydrogen-bond acceptors (Lipinski definition) is 2. The average molecular weight is 368 g/mol. The molecule has 0 spiro atoms. The summed E-state index contributed by atoms with van der Waals surface area (Å²) in [5, 5.41) is 4.26. The fourth-order valence-corrected chi connectivity index (χ4v) is 3.78. The number of aryl methyl sites for hydroxylation is 1. The summed E-state index contributed by atoms with van der Waals surface area (Å²) in [5.41, 5.74) is 7.19. The van der Waals surface area contributed by atoms with Gasteiger partial charge in [0.25, 0.3) is 0 Å². The van der Waals surface area contributed by atoms with Crippen molar-refractivity contribution in [2.75, 3.05) is 4.90 Å². The highest BCUT2D eigenvalue weighted by atomic mass is 32.1. The molecule has 0 unspecified atom stereocenters. The minimum absolute atomic E-state index is 1.16. The van der Waals surface area contributed by atoms with Gasteiger partial charge in [0, 0.05) is 17.1 Å². The van der Waals surface area contributed by atoms with E-state index in [0.29, 0.717) is 0 Å². The van der Waals surface area contributed by atoms with Crippen molar-refractivity contribution in [3.8, 4) is 0 Å². The highest BCUT2D eigenvalue weighted by Gasteiger charge is 2.13. The Labute approximate surface area is 164 Å². The molecule has 0 amide bonds. The fourth-order valence-electron chi connectivity index (χ4n) is 3.15. The number of hydrogen-bond donors (Lipinski definition) is 0. The van der Waals surface area contributed by atoms with E-state index in [-0.39, 0.29) is 0 Å². The molecule has 27 heavy (non-hydrogen) atoms. The third kappa shape index (κ3) is 4.02. The molecule has 0 N–H and O–H groups in total. The molecule has 0 fully saturated rings. The SMILES string of the molecule is Cc1ccccc1N(c1ccccc1)c1cccc(C=Cc2ccsc2)c1. The van der Waals surface area contributed by atoms with Gasteiger partial charge in [0.15, 0.2) is 0 Å². The normalized spacial score (nSPS) is 11.0. The zero-order chi connectivity index (χ0) is 18.5. The van der Waals surface area contributed by atoms with Crippen LogP contribution in [-0.4, -0.2) is 0 Å². The molecule has 1 heterocycles. The lowest BCUT2D eigenvalue weighted by molar-refractivity contribution is 1.25. The van der Waals surface area contributed by atoms with Crippen molar-refractivity contribution in [1.82, 2.24) is 0 Å². The van der Waals surface area contributed by atoms with Crippen LogP contribution < -0.4 is 4.90 Å². The summed E-state index contributed by atoms with van der Waals surface area (Å²) in [5.74, 6) is 0. The maximum atomic E-state index is 2.32. The van der Waals surface area contributed by atoms with E-state index >= 15 is 0 Å². The molecular formula is C25H21NS. The minimum Gasteiger partial charge on any atom is -0.310 e. The Balaban J connectivity index is 1.77. The highest BCUT2D eigenvalue weighted by molar-refractivity contribution is 7.08. The lowest BCUT2D eigenvalue weighted by atomic mass is 10.1. The number of benzene rings is 3. The van der Waals surface area contributed by atoms with Crippen molar-refractivity contribution < 1.29 is 0 Å². The van der Waals surface area contributed by atoms with Gasteiger partial charge >= 0.3 is 0 Å². The number of rotatable bonds is 5. The largest absolute Gasteiger partial charge is 0.310 e. The fraction of sp³-hybridized carbons (Fsp3) is 0.0400. The molecular weight excluding hydrogens is 346 g/mol. The predicted molar refractivity (Wildman–Crippen MR) is 119 cm³/mol. The molecule has 4 aromatic rings. The Kier molecular flexibility index (Phi) is 5.17. The van der Waals surface area contributed by atoms with E-state index in [1.54, 1.807) is 11.3 Å². The maximum Gasteiger partial charge on any atom is 0.0490 e. The topological polar surface area (TPSA) is 3.24 Å². The first-order chi connectivity index (χ1) is 13.3.